The van der Waals surface area contributed by atoms with Gasteiger partial charge in [0.2, 0.25) is 0 Å². The zero-order valence-electron chi connectivity index (χ0n) is 7.23. The maximum absolute atomic E-state index is 12.8. The van der Waals surface area contributed by atoms with Crippen molar-refractivity contribution < 1.29 is 4.39 Å². The van der Waals surface area contributed by atoms with Crippen molar-refractivity contribution in [3.05, 3.63) is 34.6 Å². The zero-order chi connectivity index (χ0) is 9.84. The normalized spacial score (nSPS) is 10.8. The van der Waals surface area contributed by atoms with E-state index in [0.717, 1.165) is 17.6 Å². The predicted molar refractivity (Wildman–Crippen MR) is 56.7 cm³/mol. The van der Waals surface area contributed by atoms with Gasteiger partial charge in [0.1, 0.15) is 5.82 Å². The summed E-state index contributed by atoms with van der Waals surface area (Å²) in [5.74, 6) is -0.369. The minimum absolute atomic E-state index is 0.181. The lowest BCUT2D eigenvalue weighted by molar-refractivity contribution is 0.390. The van der Waals surface area contributed by atoms with Gasteiger partial charge >= 0.3 is 0 Å². The number of halogens is 3. The Labute approximate surface area is 90.6 Å². The molecule has 0 spiro atoms. The van der Waals surface area contributed by atoms with Crippen molar-refractivity contribution in [2.45, 2.75) is 6.54 Å². The van der Waals surface area contributed by atoms with Crippen molar-refractivity contribution in [1.82, 2.24) is 4.90 Å². The SMILES string of the molecule is CN(CBr)Cc1ccc(F)c(Cl)c1. The van der Waals surface area contributed by atoms with Crippen molar-refractivity contribution in [3.63, 3.8) is 0 Å². The number of nitrogens with zero attached hydrogens (tertiary/aromatic N) is 1. The molecule has 13 heavy (non-hydrogen) atoms. The molecule has 72 valence electrons. The maximum Gasteiger partial charge on any atom is 0.141 e. The Morgan fingerprint density at radius 1 is 1.54 bits per heavy atom. The molecule has 0 aromatic heterocycles. The molecule has 0 heterocycles. The Morgan fingerprint density at radius 3 is 2.77 bits per heavy atom. The second-order valence-corrected chi connectivity index (χ2v) is 3.79. The molecule has 0 aliphatic heterocycles. The lowest BCUT2D eigenvalue weighted by Gasteiger charge is -2.12. The van der Waals surface area contributed by atoms with Crippen molar-refractivity contribution in [1.29, 1.82) is 0 Å². The van der Waals surface area contributed by atoms with Crippen LogP contribution in [0.5, 0.6) is 0 Å². The van der Waals surface area contributed by atoms with Gasteiger partial charge in [-0.05, 0) is 24.7 Å². The molecule has 1 aromatic rings. The van der Waals surface area contributed by atoms with Crippen LogP contribution >= 0.6 is 27.5 Å². The molecule has 0 saturated carbocycles. The van der Waals surface area contributed by atoms with E-state index >= 15 is 0 Å². The van der Waals surface area contributed by atoms with Gasteiger partial charge < -0.3 is 0 Å². The minimum atomic E-state index is -0.369. The van der Waals surface area contributed by atoms with Crippen molar-refractivity contribution in [2.24, 2.45) is 0 Å². The highest BCUT2D eigenvalue weighted by Gasteiger charge is 2.02. The van der Waals surface area contributed by atoms with Crippen LogP contribution in [0.3, 0.4) is 0 Å². The standard InChI is InChI=1S/C9H10BrClFN/c1-13(6-10)5-7-2-3-9(12)8(11)4-7/h2-4H,5-6H2,1H3. The highest BCUT2D eigenvalue weighted by molar-refractivity contribution is 9.09. The molecule has 0 unspecified atom stereocenters. The molecule has 0 N–H and O–H groups in total. The van der Waals surface area contributed by atoms with E-state index in [4.69, 9.17) is 11.6 Å². The van der Waals surface area contributed by atoms with E-state index in [9.17, 15) is 4.39 Å². The molecule has 0 atom stereocenters. The number of rotatable bonds is 3. The van der Waals surface area contributed by atoms with E-state index in [2.05, 4.69) is 15.9 Å². The first kappa shape index (κ1) is 11.0. The van der Waals surface area contributed by atoms with Gasteiger partial charge in [0.15, 0.2) is 0 Å². The Morgan fingerprint density at radius 2 is 2.23 bits per heavy atom. The molecule has 1 rings (SSSR count). The molecule has 0 fully saturated rings. The fourth-order valence-electron chi connectivity index (χ4n) is 0.992. The summed E-state index contributed by atoms with van der Waals surface area (Å²) >= 11 is 8.96. The molecule has 0 saturated heterocycles. The summed E-state index contributed by atoms with van der Waals surface area (Å²) < 4.78 is 12.8. The highest BCUT2D eigenvalue weighted by Crippen LogP contribution is 2.16. The molecular weight excluding hydrogens is 256 g/mol. The average molecular weight is 267 g/mol. The summed E-state index contributed by atoms with van der Waals surface area (Å²) in [6.07, 6.45) is 0. The average Bonchev–Trinajstić information content (AvgIpc) is 2.11. The van der Waals surface area contributed by atoms with Gasteiger partial charge in [0.05, 0.1) is 10.5 Å². The second-order valence-electron chi connectivity index (χ2n) is 2.88. The van der Waals surface area contributed by atoms with Crippen molar-refractivity contribution in [3.8, 4) is 0 Å². The first-order valence-corrected chi connectivity index (χ1v) is 5.32. The van der Waals surface area contributed by atoms with Crippen LogP contribution in [0.4, 0.5) is 4.39 Å². The van der Waals surface area contributed by atoms with Gasteiger partial charge in [-0.2, -0.15) is 0 Å². The fraction of sp³-hybridized carbons (Fsp3) is 0.333. The molecule has 0 amide bonds. The Bertz CT molecular complexity index is 293. The molecule has 0 radical (unpaired) electrons. The summed E-state index contributed by atoms with van der Waals surface area (Å²) in [6, 6.07) is 4.77. The van der Waals surface area contributed by atoms with Crippen molar-refractivity contribution >= 4 is 27.5 Å². The van der Waals surface area contributed by atoms with Crippen LogP contribution in [0, 0.1) is 5.82 Å². The van der Waals surface area contributed by atoms with E-state index in [0.29, 0.717) is 0 Å². The van der Waals surface area contributed by atoms with Crippen LogP contribution in [-0.2, 0) is 6.54 Å². The molecule has 1 nitrogen and oxygen atoms in total. The number of hydrogen-bond acceptors (Lipinski definition) is 1. The number of alkyl halides is 1. The topological polar surface area (TPSA) is 3.24 Å². The first-order valence-electron chi connectivity index (χ1n) is 3.82. The fourth-order valence-corrected chi connectivity index (χ4v) is 1.37. The smallest absolute Gasteiger partial charge is 0.141 e. The summed E-state index contributed by atoms with van der Waals surface area (Å²) in [7, 11) is 1.96. The van der Waals surface area contributed by atoms with Crippen LogP contribution < -0.4 is 0 Å². The van der Waals surface area contributed by atoms with Crippen molar-refractivity contribution in [2.75, 3.05) is 12.5 Å². The number of hydrogen-bond donors (Lipinski definition) is 0. The molecule has 1 aromatic carbocycles. The van der Waals surface area contributed by atoms with Gasteiger partial charge in [-0.25, -0.2) is 4.39 Å². The van der Waals surface area contributed by atoms with Gasteiger partial charge in [-0.15, -0.1) is 0 Å². The lowest BCUT2D eigenvalue weighted by atomic mass is 10.2. The van der Waals surface area contributed by atoms with E-state index in [-0.39, 0.29) is 10.8 Å². The summed E-state index contributed by atoms with van der Waals surface area (Å²) in [6.45, 7) is 0.755. The third-order valence-electron chi connectivity index (χ3n) is 1.64. The van der Waals surface area contributed by atoms with Crippen LogP contribution in [0.15, 0.2) is 18.2 Å². The molecule has 0 aliphatic carbocycles. The largest absolute Gasteiger partial charge is 0.292 e. The lowest BCUT2D eigenvalue weighted by Crippen LogP contribution is -2.14. The third-order valence-corrected chi connectivity index (χ3v) is 2.79. The third kappa shape index (κ3) is 3.25. The summed E-state index contributed by atoms with van der Waals surface area (Å²) in [5, 5.41) is 0.181. The molecule has 0 bridgehead atoms. The van der Waals surface area contributed by atoms with Crippen LogP contribution in [0.1, 0.15) is 5.56 Å². The Balaban J connectivity index is 2.73. The number of benzene rings is 1. The predicted octanol–water partition coefficient (Wildman–Crippen LogP) is 3.26. The van der Waals surface area contributed by atoms with E-state index < -0.39 is 0 Å². The maximum atomic E-state index is 12.8. The first-order chi connectivity index (χ1) is 6.13. The van der Waals surface area contributed by atoms with Crippen LogP contribution in [-0.4, -0.2) is 17.4 Å². The van der Waals surface area contributed by atoms with Gasteiger partial charge in [-0.1, -0.05) is 33.6 Å². The summed E-state index contributed by atoms with van der Waals surface area (Å²) in [4.78, 5) is 2.05. The van der Waals surface area contributed by atoms with E-state index in [1.54, 1.807) is 12.1 Å². The molecule has 4 heteroatoms. The minimum Gasteiger partial charge on any atom is -0.292 e. The monoisotopic (exact) mass is 265 g/mol. The Hall–Kier alpha value is -0.120. The quantitative estimate of drug-likeness (QED) is 0.599. The highest BCUT2D eigenvalue weighted by atomic mass is 79.9. The van der Waals surface area contributed by atoms with E-state index in [1.807, 2.05) is 11.9 Å². The van der Waals surface area contributed by atoms with E-state index in [1.165, 1.54) is 6.07 Å². The van der Waals surface area contributed by atoms with Gasteiger partial charge in [-0.3, -0.25) is 4.90 Å². The Kier molecular flexibility index (Phi) is 4.16. The van der Waals surface area contributed by atoms with Gasteiger partial charge in [0.25, 0.3) is 0 Å². The molecule has 0 aliphatic rings. The van der Waals surface area contributed by atoms with Crippen LogP contribution in [0.25, 0.3) is 0 Å². The zero-order valence-corrected chi connectivity index (χ0v) is 9.57. The molecular formula is C9H10BrClFN. The van der Waals surface area contributed by atoms with Crippen LogP contribution in [0.2, 0.25) is 5.02 Å². The van der Waals surface area contributed by atoms with Gasteiger partial charge in [0, 0.05) is 6.54 Å². The second kappa shape index (κ2) is 4.94. The summed E-state index contributed by atoms with van der Waals surface area (Å²) in [5.41, 5.74) is 1.79.